The standard InChI is InChI=1S/C19H26Cl2N2O2/c1-18(2,3)25-17(24)23-8-6-19(7-9-23)11-14(12-19)22-16-5-4-13(20)10-15(16)21/h4-5,10,14,22H,6-9,11-12H2,1-3H3. The van der Waals surface area contributed by atoms with Crippen LogP contribution in [0.15, 0.2) is 18.2 Å². The molecule has 2 fully saturated rings. The van der Waals surface area contributed by atoms with E-state index in [9.17, 15) is 4.79 Å². The number of benzene rings is 1. The number of carbonyl (C=O) groups is 1. The predicted molar refractivity (Wildman–Crippen MR) is 103 cm³/mol. The van der Waals surface area contributed by atoms with Gasteiger partial charge in [-0.1, -0.05) is 23.2 Å². The molecule has 1 amide bonds. The number of hydrogen-bond acceptors (Lipinski definition) is 3. The molecule has 0 bridgehead atoms. The van der Waals surface area contributed by atoms with E-state index in [4.69, 9.17) is 27.9 Å². The van der Waals surface area contributed by atoms with Gasteiger partial charge in [0.15, 0.2) is 0 Å². The van der Waals surface area contributed by atoms with E-state index < -0.39 is 5.60 Å². The lowest BCUT2D eigenvalue weighted by atomic mass is 9.60. The highest BCUT2D eigenvalue weighted by Gasteiger charge is 2.46. The first-order chi connectivity index (χ1) is 11.7. The maximum atomic E-state index is 12.2. The lowest BCUT2D eigenvalue weighted by Crippen LogP contribution is -2.53. The van der Waals surface area contributed by atoms with Crippen LogP contribution in [0.3, 0.4) is 0 Å². The van der Waals surface area contributed by atoms with Crippen molar-refractivity contribution in [3.05, 3.63) is 28.2 Å². The van der Waals surface area contributed by atoms with Crippen LogP contribution in [0.25, 0.3) is 0 Å². The Kier molecular flexibility index (Phi) is 5.13. The maximum absolute atomic E-state index is 12.2. The molecule has 3 rings (SSSR count). The molecule has 0 radical (unpaired) electrons. The Morgan fingerprint density at radius 3 is 2.44 bits per heavy atom. The van der Waals surface area contributed by atoms with Gasteiger partial charge in [0.2, 0.25) is 0 Å². The molecule has 1 heterocycles. The molecule has 0 unspecified atom stereocenters. The van der Waals surface area contributed by atoms with Crippen LogP contribution in [0.5, 0.6) is 0 Å². The SMILES string of the molecule is CC(C)(C)OC(=O)N1CCC2(CC1)CC(Nc1ccc(Cl)cc1Cl)C2. The van der Waals surface area contributed by atoms with E-state index in [1.54, 1.807) is 6.07 Å². The summed E-state index contributed by atoms with van der Waals surface area (Å²) in [6.45, 7) is 7.27. The van der Waals surface area contributed by atoms with E-state index in [-0.39, 0.29) is 6.09 Å². The van der Waals surface area contributed by atoms with Gasteiger partial charge >= 0.3 is 6.09 Å². The van der Waals surface area contributed by atoms with Crippen LogP contribution in [0.1, 0.15) is 46.5 Å². The number of hydrogen-bond donors (Lipinski definition) is 1. The van der Waals surface area contributed by atoms with E-state index in [0.29, 0.717) is 21.5 Å². The third-order valence-electron chi connectivity index (χ3n) is 5.13. The number of amides is 1. The lowest BCUT2D eigenvalue weighted by Gasteiger charge is -2.52. The highest BCUT2D eigenvalue weighted by Crippen LogP contribution is 2.50. The van der Waals surface area contributed by atoms with E-state index in [0.717, 1.165) is 44.5 Å². The molecule has 0 atom stereocenters. The van der Waals surface area contributed by atoms with Crippen LogP contribution in [-0.2, 0) is 4.74 Å². The Bertz CT molecular complexity index is 641. The predicted octanol–water partition coefficient (Wildman–Crippen LogP) is 5.59. The molecule has 4 nitrogen and oxygen atoms in total. The van der Waals surface area contributed by atoms with Crippen LogP contribution in [0, 0.1) is 5.41 Å². The van der Waals surface area contributed by atoms with E-state index >= 15 is 0 Å². The average Bonchev–Trinajstić information content (AvgIpc) is 2.47. The van der Waals surface area contributed by atoms with Gasteiger partial charge in [-0.2, -0.15) is 0 Å². The monoisotopic (exact) mass is 384 g/mol. The first-order valence-corrected chi connectivity index (χ1v) is 9.61. The minimum Gasteiger partial charge on any atom is -0.444 e. The summed E-state index contributed by atoms with van der Waals surface area (Å²) < 4.78 is 5.47. The molecule has 1 N–H and O–H groups in total. The van der Waals surface area contributed by atoms with Crippen molar-refractivity contribution in [2.24, 2.45) is 5.41 Å². The zero-order valence-corrected chi connectivity index (χ0v) is 16.6. The van der Waals surface area contributed by atoms with E-state index in [2.05, 4.69) is 5.32 Å². The van der Waals surface area contributed by atoms with Crippen molar-refractivity contribution in [1.29, 1.82) is 0 Å². The normalized spacial score (nSPS) is 20.3. The second-order valence-electron chi connectivity index (χ2n) is 8.34. The summed E-state index contributed by atoms with van der Waals surface area (Å²) in [4.78, 5) is 14.0. The number of piperidine rings is 1. The van der Waals surface area contributed by atoms with Crippen LogP contribution < -0.4 is 5.32 Å². The maximum Gasteiger partial charge on any atom is 0.410 e. The molecule has 2 aliphatic rings. The van der Waals surface area contributed by atoms with Crippen LogP contribution in [-0.4, -0.2) is 35.7 Å². The molecule has 0 aromatic heterocycles. The van der Waals surface area contributed by atoms with Crippen molar-refractivity contribution in [2.75, 3.05) is 18.4 Å². The topological polar surface area (TPSA) is 41.6 Å². The zero-order valence-electron chi connectivity index (χ0n) is 15.1. The molecule has 1 aromatic carbocycles. The van der Waals surface area contributed by atoms with Gasteiger partial charge < -0.3 is 15.0 Å². The molecule has 1 saturated heterocycles. The van der Waals surface area contributed by atoms with Gasteiger partial charge in [-0.3, -0.25) is 0 Å². The average molecular weight is 385 g/mol. The van der Waals surface area contributed by atoms with Crippen LogP contribution in [0.4, 0.5) is 10.5 Å². The summed E-state index contributed by atoms with van der Waals surface area (Å²) in [5.41, 5.74) is 0.863. The zero-order chi connectivity index (χ0) is 18.2. The largest absolute Gasteiger partial charge is 0.444 e. The molecular weight excluding hydrogens is 359 g/mol. The smallest absolute Gasteiger partial charge is 0.410 e. The first kappa shape index (κ1) is 18.7. The van der Waals surface area contributed by atoms with Crippen molar-refractivity contribution in [1.82, 2.24) is 4.90 Å². The summed E-state index contributed by atoms with van der Waals surface area (Å²) in [7, 11) is 0. The van der Waals surface area contributed by atoms with Gasteiger partial charge in [0, 0.05) is 24.2 Å². The van der Waals surface area contributed by atoms with E-state index in [1.165, 1.54) is 0 Å². The van der Waals surface area contributed by atoms with Gasteiger partial charge in [0.25, 0.3) is 0 Å². The number of anilines is 1. The van der Waals surface area contributed by atoms with Crippen molar-refractivity contribution in [3.8, 4) is 0 Å². The van der Waals surface area contributed by atoms with Crippen molar-refractivity contribution in [3.63, 3.8) is 0 Å². The highest BCUT2D eigenvalue weighted by molar-refractivity contribution is 6.36. The third-order valence-corrected chi connectivity index (χ3v) is 5.67. The number of nitrogens with one attached hydrogen (secondary N) is 1. The number of ether oxygens (including phenoxy) is 1. The number of halogens is 2. The van der Waals surface area contributed by atoms with Gasteiger partial charge in [0.05, 0.1) is 10.7 Å². The first-order valence-electron chi connectivity index (χ1n) is 8.85. The summed E-state index contributed by atoms with van der Waals surface area (Å²) in [5, 5.41) is 4.82. The molecule has 1 aliphatic carbocycles. The molecule has 1 aromatic rings. The molecular formula is C19H26Cl2N2O2. The fourth-order valence-corrected chi connectivity index (χ4v) is 4.28. The molecule has 25 heavy (non-hydrogen) atoms. The molecule has 138 valence electrons. The molecule has 6 heteroatoms. The molecule has 1 spiro atoms. The summed E-state index contributed by atoms with van der Waals surface area (Å²) >= 11 is 12.2. The minimum atomic E-state index is -0.435. The minimum absolute atomic E-state index is 0.190. The summed E-state index contributed by atoms with van der Waals surface area (Å²) in [6.07, 6.45) is 4.13. The lowest BCUT2D eigenvalue weighted by molar-refractivity contribution is -0.00859. The van der Waals surface area contributed by atoms with Gasteiger partial charge in [0.1, 0.15) is 5.60 Å². The van der Waals surface area contributed by atoms with Gasteiger partial charge in [-0.25, -0.2) is 4.79 Å². The molecule has 1 saturated carbocycles. The van der Waals surface area contributed by atoms with Gasteiger partial charge in [-0.15, -0.1) is 0 Å². The van der Waals surface area contributed by atoms with Crippen molar-refractivity contribution < 1.29 is 9.53 Å². The summed E-state index contributed by atoms with van der Waals surface area (Å²) in [6, 6.07) is 5.98. The third kappa shape index (κ3) is 4.53. The van der Waals surface area contributed by atoms with Crippen molar-refractivity contribution >= 4 is 35.0 Å². The highest BCUT2D eigenvalue weighted by atomic mass is 35.5. The second kappa shape index (κ2) is 6.88. The Hall–Kier alpha value is -1.13. The Labute approximate surface area is 159 Å². The van der Waals surface area contributed by atoms with Gasteiger partial charge in [-0.05, 0) is 70.1 Å². The van der Waals surface area contributed by atoms with Crippen molar-refractivity contribution in [2.45, 2.75) is 58.1 Å². The second-order valence-corrected chi connectivity index (χ2v) is 9.18. The Morgan fingerprint density at radius 1 is 1.24 bits per heavy atom. The molecule has 1 aliphatic heterocycles. The summed E-state index contributed by atoms with van der Waals surface area (Å²) in [5.74, 6) is 0. The fourth-order valence-electron chi connectivity index (χ4n) is 3.81. The Balaban J connectivity index is 1.47. The number of likely N-dealkylation sites (tertiary alicyclic amines) is 1. The Morgan fingerprint density at radius 2 is 1.88 bits per heavy atom. The number of rotatable bonds is 2. The fraction of sp³-hybridized carbons (Fsp3) is 0.632. The quantitative estimate of drug-likeness (QED) is 0.722. The van der Waals surface area contributed by atoms with E-state index in [1.807, 2.05) is 37.8 Å². The number of carbonyl (C=O) groups excluding carboxylic acids is 1. The number of nitrogens with zero attached hydrogens (tertiary/aromatic N) is 1. The van der Waals surface area contributed by atoms with Crippen LogP contribution >= 0.6 is 23.2 Å². The van der Waals surface area contributed by atoms with Crippen LogP contribution in [0.2, 0.25) is 10.0 Å².